The van der Waals surface area contributed by atoms with Crippen LogP contribution >= 0.6 is 23.1 Å². The monoisotopic (exact) mass is 655 g/mol. The number of carbonyl (C=O) groups excluding carboxylic acids is 3. The minimum atomic E-state index is -4.56. The highest BCUT2D eigenvalue weighted by atomic mass is 32.2. The number of aromatic nitrogens is 1. The van der Waals surface area contributed by atoms with Gasteiger partial charge in [-0.2, -0.15) is 13.2 Å². The van der Waals surface area contributed by atoms with Gasteiger partial charge in [0.15, 0.2) is 18.1 Å². The Morgan fingerprint density at radius 1 is 0.956 bits per heavy atom. The summed E-state index contributed by atoms with van der Waals surface area (Å²) in [7, 11) is 0. The first-order valence-corrected chi connectivity index (χ1v) is 15.4. The highest BCUT2D eigenvalue weighted by Crippen LogP contribution is 2.53. The summed E-state index contributed by atoms with van der Waals surface area (Å²) in [5.41, 5.74) is 0.121. The average molecular weight is 656 g/mol. The molecule has 3 heterocycles. The van der Waals surface area contributed by atoms with Crippen LogP contribution < -0.4 is 24.6 Å². The van der Waals surface area contributed by atoms with Crippen molar-refractivity contribution in [3.63, 3.8) is 0 Å². The zero-order chi connectivity index (χ0) is 31.9. The molecule has 3 aromatic carbocycles. The predicted octanol–water partition coefficient (Wildman–Crippen LogP) is 5.67. The normalized spacial score (nSPS) is 19.2. The Balaban J connectivity index is 1.28. The molecule has 2 aliphatic rings. The number of hydrogen-bond donors (Lipinski definition) is 2. The molecule has 45 heavy (non-hydrogen) atoms. The summed E-state index contributed by atoms with van der Waals surface area (Å²) >= 11 is 2.14. The van der Waals surface area contributed by atoms with Gasteiger partial charge in [-0.25, -0.2) is 4.90 Å². The molecule has 0 aliphatic carbocycles. The Hall–Kier alpha value is -4.56. The van der Waals surface area contributed by atoms with Gasteiger partial charge < -0.3 is 19.8 Å². The van der Waals surface area contributed by atoms with E-state index < -0.39 is 41.3 Å². The summed E-state index contributed by atoms with van der Waals surface area (Å²) in [5.74, 6) is -2.48. The summed E-state index contributed by atoms with van der Waals surface area (Å²) < 4.78 is 50.6. The summed E-state index contributed by atoms with van der Waals surface area (Å²) in [4.78, 5) is 56.7. The van der Waals surface area contributed by atoms with E-state index in [4.69, 9.17) is 9.47 Å². The predicted molar refractivity (Wildman–Crippen MR) is 162 cm³/mol. The quantitative estimate of drug-likeness (QED) is 0.235. The third kappa shape index (κ3) is 5.94. The van der Waals surface area contributed by atoms with E-state index in [1.807, 2.05) is 0 Å². The third-order valence-electron chi connectivity index (χ3n) is 7.30. The number of ether oxygens (including phenoxy) is 2. The lowest BCUT2D eigenvalue weighted by molar-refractivity contribution is -0.137. The maximum atomic E-state index is 13.9. The van der Waals surface area contributed by atoms with Crippen LogP contribution in [-0.2, 0) is 20.6 Å². The number of amides is 3. The van der Waals surface area contributed by atoms with Gasteiger partial charge in [0.05, 0.1) is 28.8 Å². The standard InChI is InChI=1S/C31H24F3N3O6S2/c1-2-42-21-13-16(11-12-20(21)43-15-22(38)35-18-8-6-7-17(14-18)31(32,33)34)23-24-26(44-27-25(23)45-30(41)36-27)29(40)37(28(24)39)19-9-4-3-5-10-19/h3-14,23-24,26H,2,15H2,1H3,(H,35,38)(H,36,41). The smallest absolute Gasteiger partial charge is 0.416 e. The molecular formula is C31H24F3N3O6S2. The SMILES string of the molecule is CCOc1cc(C2c3sc(=O)[nH]c3SC3C(=O)N(c4ccccc4)C(=O)C32)ccc1OCC(=O)Nc1cccc(C(F)(F)F)c1. The van der Waals surface area contributed by atoms with Crippen molar-refractivity contribution in [2.75, 3.05) is 23.4 Å². The first-order chi connectivity index (χ1) is 21.5. The Morgan fingerprint density at radius 3 is 2.47 bits per heavy atom. The number of halogens is 3. The lowest BCUT2D eigenvalue weighted by atomic mass is 9.83. The minimum absolute atomic E-state index is 0.0369. The number of fused-ring (bicyclic) bond motifs is 2. The van der Waals surface area contributed by atoms with Crippen molar-refractivity contribution >= 4 is 52.2 Å². The Labute approximate surface area is 262 Å². The molecule has 0 radical (unpaired) electrons. The van der Waals surface area contributed by atoms with E-state index in [-0.39, 0.29) is 40.5 Å². The van der Waals surface area contributed by atoms with Crippen LogP contribution in [-0.4, -0.2) is 41.2 Å². The molecule has 9 nitrogen and oxygen atoms in total. The van der Waals surface area contributed by atoms with E-state index in [0.29, 0.717) is 21.2 Å². The molecule has 3 unspecified atom stereocenters. The number of thiazole rings is 1. The first kappa shape index (κ1) is 30.5. The second-order valence-electron chi connectivity index (χ2n) is 10.2. The molecule has 0 bridgehead atoms. The molecule has 2 aliphatic heterocycles. The van der Waals surface area contributed by atoms with Crippen LogP contribution in [0.3, 0.4) is 0 Å². The summed E-state index contributed by atoms with van der Waals surface area (Å²) in [6, 6.07) is 17.8. The number of aromatic amines is 1. The van der Waals surface area contributed by atoms with Crippen LogP contribution in [0.25, 0.3) is 0 Å². The summed E-state index contributed by atoms with van der Waals surface area (Å²) in [5, 5.41) is 2.14. The molecule has 0 saturated carbocycles. The number of H-pyrrole nitrogens is 1. The number of thioether (sulfide) groups is 1. The molecule has 4 aromatic rings. The highest BCUT2D eigenvalue weighted by molar-refractivity contribution is 8.00. The van der Waals surface area contributed by atoms with Gasteiger partial charge in [-0.05, 0) is 55.0 Å². The lowest BCUT2D eigenvalue weighted by Gasteiger charge is -2.30. The molecule has 3 atom stereocenters. The minimum Gasteiger partial charge on any atom is -0.490 e. The van der Waals surface area contributed by atoms with Crippen molar-refractivity contribution in [2.45, 2.75) is 29.3 Å². The third-order valence-corrected chi connectivity index (χ3v) is 9.70. The van der Waals surface area contributed by atoms with Crippen molar-refractivity contribution < 1.29 is 37.0 Å². The van der Waals surface area contributed by atoms with Crippen LogP contribution in [0.2, 0.25) is 0 Å². The van der Waals surface area contributed by atoms with Crippen LogP contribution in [0.5, 0.6) is 11.5 Å². The van der Waals surface area contributed by atoms with Crippen LogP contribution in [0.15, 0.2) is 82.6 Å². The number of nitrogens with zero attached hydrogens (tertiary/aromatic N) is 1. The number of rotatable bonds is 8. The van der Waals surface area contributed by atoms with Gasteiger partial charge in [0.25, 0.3) is 5.91 Å². The van der Waals surface area contributed by atoms with Crippen molar-refractivity contribution in [1.82, 2.24) is 4.98 Å². The van der Waals surface area contributed by atoms with Crippen molar-refractivity contribution in [2.24, 2.45) is 5.92 Å². The molecular weight excluding hydrogens is 631 g/mol. The number of anilines is 2. The summed E-state index contributed by atoms with van der Waals surface area (Å²) in [6.45, 7) is 1.45. The molecule has 2 N–H and O–H groups in total. The summed E-state index contributed by atoms with van der Waals surface area (Å²) in [6.07, 6.45) is -4.56. The lowest BCUT2D eigenvalue weighted by Crippen LogP contribution is -2.32. The number of carbonyl (C=O) groups is 3. The van der Waals surface area contributed by atoms with Gasteiger partial charge in [-0.15, -0.1) is 0 Å². The molecule has 232 valence electrons. The fraction of sp³-hybridized carbons (Fsp3) is 0.226. The molecule has 1 saturated heterocycles. The van der Waals surface area contributed by atoms with E-state index in [9.17, 15) is 32.3 Å². The Kier molecular flexibility index (Phi) is 8.18. The van der Waals surface area contributed by atoms with Crippen molar-refractivity contribution in [3.05, 3.63) is 98.5 Å². The molecule has 6 rings (SSSR count). The van der Waals surface area contributed by atoms with Crippen molar-refractivity contribution in [3.8, 4) is 11.5 Å². The van der Waals surface area contributed by atoms with Gasteiger partial charge in [0.2, 0.25) is 11.8 Å². The number of imide groups is 1. The number of para-hydroxylation sites is 1. The molecule has 14 heteroatoms. The van der Waals surface area contributed by atoms with E-state index in [2.05, 4.69) is 10.3 Å². The topological polar surface area (TPSA) is 118 Å². The van der Waals surface area contributed by atoms with Gasteiger partial charge in [-0.3, -0.25) is 19.2 Å². The molecule has 3 amide bonds. The zero-order valence-corrected chi connectivity index (χ0v) is 25.1. The average Bonchev–Trinajstić information content (AvgIpc) is 3.50. The van der Waals surface area contributed by atoms with E-state index in [0.717, 1.165) is 23.5 Å². The maximum Gasteiger partial charge on any atom is 0.416 e. The molecule has 0 spiro atoms. The number of benzene rings is 3. The largest absolute Gasteiger partial charge is 0.490 e. The zero-order valence-electron chi connectivity index (χ0n) is 23.4. The van der Waals surface area contributed by atoms with E-state index in [1.54, 1.807) is 55.5 Å². The fourth-order valence-electron chi connectivity index (χ4n) is 5.43. The number of hydrogen-bond acceptors (Lipinski definition) is 8. The van der Waals surface area contributed by atoms with Gasteiger partial charge in [0, 0.05) is 16.5 Å². The van der Waals surface area contributed by atoms with Crippen LogP contribution in [0.4, 0.5) is 24.5 Å². The Morgan fingerprint density at radius 2 is 1.73 bits per heavy atom. The van der Waals surface area contributed by atoms with Crippen LogP contribution in [0.1, 0.15) is 28.8 Å². The van der Waals surface area contributed by atoms with Crippen molar-refractivity contribution in [1.29, 1.82) is 0 Å². The van der Waals surface area contributed by atoms with E-state index in [1.165, 1.54) is 28.8 Å². The maximum absolute atomic E-state index is 13.9. The van der Waals surface area contributed by atoms with Gasteiger partial charge in [-0.1, -0.05) is 53.4 Å². The van der Waals surface area contributed by atoms with Gasteiger partial charge >= 0.3 is 11.0 Å². The van der Waals surface area contributed by atoms with E-state index >= 15 is 0 Å². The molecule has 1 fully saturated rings. The van der Waals surface area contributed by atoms with Gasteiger partial charge in [0.1, 0.15) is 5.25 Å². The fourth-order valence-corrected chi connectivity index (χ4v) is 7.94. The second-order valence-corrected chi connectivity index (χ2v) is 12.3. The highest BCUT2D eigenvalue weighted by Gasteiger charge is 2.56. The number of alkyl halides is 3. The first-order valence-electron chi connectivity index (χ1n) is 13.7. The second kappa shape index (κ2) is 12.1. The Bertz CT molecular complexity index is 1840. The van der Waals surface area contributed by atoms with Crippen LogP contribution in [0, 0.1) is 5.92 Å². The molecule has 1 aromatic heterocycles. The number of nitrogens with one attached hydrogen (secondary N) is 2.